The van der Waals surface area contributed by atoms with Crippen LogP contribution in [-0.4, -0.2) is 62.2 Å². The monoisotopic (exact) mass is 550 g/mol. The molecule has 0 unspecified atom stereocenters. The first-order valence-electron chi connectivity index (χ1n) is 12.4. The van der Waals surface area contributed by atoms with Gasteiger partial charge in [-0.05, 0) is 62.4 Å². The van der Waals surface area contributed by atoms with Gasteiger partial charge in [-0.1, -0.05) is 55.8 Å². The average molecular weight is 551 g/mol. The van der Waals surface area contributed by atoms with Crippen molar-refractivity contribution < 1.29 is 18.0 Å². The van der Waals surface area contributed by atoms with Crippen LogP contribution >= 0.6 is 11.6 Å². The molecule has 10 heteroatoms. The lowest BCUT2D eigenvalue weighted by atomic mass is 10.1. The van der Waals surface area contributed by atoms with Gasteiger partial charge in [-0.2, -0.15) is 12.7 Å². The molecule has 0 heterocycles. The van der Waals surface area contributed by atoms with Crippen molar-refractivity contribution in [1.82, 2.24) is 14.5 Å². The van der Waals surface area contributed by atoms with Gasteiger partial charge in [-0.15, -0.1) is 0 Å². The molecule has 2 aromatic carbocycles. The van der Waals surface area contributed by atoms with E-state index in [1.165, 1.54) is 19.0 Å². The number of carbonyl (C=O) groups is 2. The van der Waals surface area contributed by atoms with Gasteiger partial charge in [0.2, 0.25) is 11.8 Å². The maximum atomic E-state index is 13.9. The van der Waals surface area contributed by atoms with E-state index in [1.807, 2.05) is 45.9 Å². The van der Waals surface area contributed by atoms with Gasteiger partial charge in [0.25, 0.3) is 0 Å². The lowest BCUT2D eigenvalue weighted by Crippen LogP contribution is -2.54. The second kappa shape index (κ2) is 13.3. The van der Waals surface area contributed by atoms with Crippen molar-refractivity contribution in [1.29, 1.82) is 0 Å². The van der Waals surface area contributed by atoms with Crippen LogP contribution in [0.2, 0.25) is 5.02 Å². The van der Waals surface area contributed by atoms with Crippen LogP contribution in [0.25, 0.3) is 0 Å². The molecule has 0 bridgehead atoms. The van der Waals surface area contributed by atoms with E-state index in [1.54, 1.807) is 31.2 Å². The van der Waals surface area contributed by atoms with Crippen LogP contribution in [0.4, 0.5) is 5.69 Å². The molecule has 204 valence electrons. The van der Waals surface area contributed by atoms with E-state index in [0.29, 0.717) is 28.3 Å². The van der Waals surface area contributed by atoms with E-state index in [2.05, 4.69) is 5.32 Å². The highest BCUT2D eigenvalue weighted by atomic mass is 35.5. The van der Waals surface area contributed by atoms with Crippen molar-refractivity contribution >= 4 is 39.3 Å². The largest absolute Gasteiger partial charge is 0.352 e. The minimum Gasteiger partial charge on any atom is -0.352 e. The van der Waals surface area contributed by atoms with Crippen molar-refractivity contribution in [2.45, 2.75) is 66.1 Å². The Balaban J connectivity index is 2.57. The Morgan fingerprint density at radius 3 is 2.24 bits per heavy atom. The smallest absolute Gasteiger partial charge is 0.304 e. The zero-order valence-electron chi connectivity index (χ0n) is 22.8. The van der Waals surface area contributed by atoms with E-state index < -0.39 is 28.7 Å². The van der Waals surface area contributed by atoms with Crippen LogP contribution < -0.4 is 9.62 Å². The molecule has 2 aromatic rings. The number of nitrogens with one attached hydrogen (secondary N) is 1. The Bertz CT molecular complexity index is 1200. The fraction of sp³-hybridized carbons (Fsp3) is 0.481. The van der Waals surface area contributed by atoms with Crippen molar-refractivity contribution in [2.75, 3.05) is 24.9 Å². The van der Waals surface area contributed by atoms with Crippen LogP contribution in [0.5, 0.6) is 0 Å². The van der Waals surface area contributed by atoms with Gasteiger partial charge in [0.05, 0.1) is 5.69 Å². The third-order valence-corrected chi connectivity index (χ3v) is 8.51. The quantitative estimate of drug-likeness (QED) is 0.427. The third-order valence-electron chi connectivity index (χ3n) is 6.34. The molecule has 8 nitrogen and oxygen atoms in total. The summed E-state index contributed by atoms with van der Waals surface area (Å²) in [4.78, 5) is 28.6. The molecule has 2 atom stereocenters. The van der Waals surface area contributed by atoms with Gasteiger partial charge >= 0.3 is 10.2 Å². The Morgan fingerprint density at radius 1 is 1.03 bits per heavy atom. The first-order valence-corrected chi connectivity index (χ1v) is 14.2. The molecule has 0 aromatic heterocycles. The molecule has 0 aliphatic heterocycles. The summed E-state index contributed by atoms with van der Waals surface area (Å²) in [6.07, 6.45) is 1.09. The third kappa shape index (κ3) is 7.69. The summed E-state index contributed by atoms with van der Waals surface area (Å²) in [5.41, 5.74) is 2.65. The highest BCUT2D eigenvalue weighted by Crippen LogP contribution is 2.27. The van der Waals surface area contributed by atoms with E-state index in [0.717, 1.165) is 20.6 Å². The molecule has 1 N–H and O–H groups in total. The fourth-order valence-electron chi connectivity index (χ4n) is 3.86. The summed E-state index contributed by atoms with van der Waals surface area (Å²) in [5, 5.41) is 3.42. The predicted octanol–water partition coefficient (Wildman–Crippen LogP) is 4.29. The maximum Gasteiger partial charge on any atom is 0.304 e. The number of amides is 2. The summed E-state index contributed by atoms with van der Waals surface area (Å²) >= 11 is 6.41. The molecular weight excluding hydrogens is 512 g/mol. The van der Waals surface area contributed by atoms with Gasteiger partial charge in [-0.25, -0.2) is 4.31 Å². The van der Waals surface area contributed by atoms with Crippen molar-refractivity contribution in [2.24, 2.45) is 0 Å². The van der Waals surface area contributed by atoms with Crippen LogP contribution in [0.1, 0.15) is 50.3 Å². The molecule has 2 amide bonds. The molecule has 0 saturated heterocycles. The van der Waals surface area contributed by atoms with Crippen LogP contribution in [0.3, 0.4) is 0 Å². The van der Waals surface area contributed by atoms with Gasteiger partial charge in [0, 0.05) is 31.7 Å². The number of nitrogens with zero attached hydrogens (tertiary/aromatic N) is 3. The fourth-order valence-corrected chi connectivity index (χ4v) is 5.17. The minimum atomic E-state index is -4.02. The number of carbonyl (C=O) groups excluding carboxylic acids is 2. The van der Waals surface area contributed by atoms with Crippen LogP contribution in [0, 0.1) is 13.8 Å². The topological polar surface area (TPSA) is 90.0 Å². The number of anilines is 1. The normalized spacial score (nSPS) is 13.2. The van der Waals surface area contributed by atoms with E-state index in [4.69, 9.17) is 11.6 Å². The summed E-state index contributed by atoms with van der Waals surface area (Å²) < 4.78 is 29.0. The molecule has 37 heavy (non-hydrogen) atoms. The summed E-state index contributed by atoms with van der Waals surface area (Å²) in [6.45, 7) is 8.95. The Morgan fingerprint density at radius 2 is 1.68 bits per heavy atom. The van der Waals surface area contributed by atoms with Crippen molar-refractivity contribution in [3.63, 3.8) is 0 Å². The number of benzene rings is 2. The molecule has 2 rings (SSSR count). The van der Waals surface area contributed by atoms with Gasteiger partial charge in [-0.3, -0.25) is 9.59 Å². The van der Waals surface area contributed by atoms with Crippen LogP contribution in [0.15, 0.2) is 42.5 Å². The number of aryl methyl sites for hydroxylation is 2. The lowest BCUT2D eigenvalue weighted by Gasteiger charge is -2.35. The van der Waals surface area contributed by atoms with Gasteiger partial charge < -0.3 is 10.2 Å². The van der Waals surface area contributed by atoms with E-state index in [9.17, 15) is 18.0 Å². The SMILES string of the molecule is CC[C@@H](C)NC(=O)[C@@H](CC)N(Cc1ccccc1Cl)C(=O)CN(c1cc(C)ccc1C)S(=O)(=O)N(C)C. The number of halogens is 1. The Labute approximate surface area is 226 Å². The highest BCUT2D eigenvalue weighted by molar-refractivity contribution is 7.90. The van der Waals surface area contributed by atoms with E-state index in [-0.39, 0.29) is 18.5 Å². The average Bonchev–Trinajstić information content (AvgIpc) is 2.84. The standard InChI is InChI=1S/C27H39ClN4O4S/c1-8-21(5)29-27(34)24(9-2)31(17-22-12-10-11-13-23(22)28)26(33)18-32(37(35,36)30(6)7)25-16-19(3)14-15-20(25)4/h10-16,21,24H,8-9,17-18H2,1-7H3,(H,29,34)/t21-,24-/m1/s1. The van der Waals surface area contributed by atoms with Gasteiger partial charge in [0.1, 0.15) is 12.6 Å². The number of hydrogen-bond donors (Lipinski definition) is 1. The molecule has 0 aliphatic rings. The Hall–Kier alpha value is -2.62. The van der Waals surface area contributed by atoms with Gasteiger partial charge in [0.15, 0.2) is 0 Å². The number of rotatable bonds is 12. The van der Waals surface area contributed by atoms with Crippen molar-refractivity contribution in [3.05, 3.63) is 64.2 Å². The zero-order valence-corrected chi connectivity index (χ0v) is 24.4. The summed E-state index contributed by atoms with van der Waals surface area (Å²) in [7, 11) is -1.18. The Kier molecular flexibility index (Phi) is 11.0. The molecule has 0 aliphatic carbocycles. The zero-order chi connectivity index (χ0) is 27.9. The molecule has 0 fully saturated rings. The highest BCUT2D eigenvalue weighted by Gasteiger charge is 2.34. The lowest BCUT2D eigenvalue weighted by molar-refractivity contribution is -0.140. The van der Waals surface area contributed by atoms with Crippen molar-refractivity contribution in [3.8, 4) is 0 Å². The predicted molar refractivity (Wildman–Crippen MR) is 150 cm³/mol. The molecule has 0 spiro atoms. The first-order chi connectivity index (χ1) is 17.3. The maximum absolute atomic E-state index is 13.9. The molecule has 0 radical (unpaired) electrons. The first kappa shape index (κ1) is 30.6. The van der Waals surface area contributed by atoms with Crippen LogP contribution in [-0.2, 0) is 26.3 Å². The summed E-state index contributed by atoms with van der Waals surface area (Å²) in [5.74, 6) is -0.789. The molecule has 0 saturated carbocycles. The number of hydrogen-bond acceptors (Lipinski definition) is 4. The van der Waals surface area contributed by atoms with E-state index >= 15 is 0 Å². The molecular formula is C27H39ClN4O4S. The minimum absolute atomic E-state index is 0.0631. The second-order valence-electron chi connectivity index (χ2n) is 9.44. The summed E-state index contributed by atoms with van der Waals surface area (Å²) in [6, 6.07) is 11.7. The second-order valence-corrected chi connectivity index (χ2v) is 11.9.